The molecule has 2 aliphatic heterocycles. The zero-order chi connectivity index (χ0) is 21.3. The minimum Gasteiger partial charge on any atom is -0.458 e. The summed E-state index contributed by atoms with van der Waals surface area (Å²) in [5, 5.41) is 0. The minimum atomic E-state index is -4.36. The van der Waals surface area contributed by atoms with Gasteiger partial charge in [0.1, 0.15) is 12.2 Å². The minimum absolute atomic E-state index is 0.0304. The molecule has 0 unspecified atom stereocenters. The summed E-state index contributed by atoms with van der Waals surface area (Å²) in [6.07, 6.45) is -0.460. The van der Waals surface area contributed by atoms with E-state index in [1.807, 2.05) is 20.8 Å². The molecule has 0 spiro atoms. The average molecular weight is 414 g/mol. The Morgan fingerprint density at radius 3 is 2.38 bits per heavy atom. The summed E-state index contributed by atoms with van der Waals surface area (Å²) in [4.78, 5) is 11.7. The Bertz CT molecular complexity index is 712. The number of carbonyl (C=O) groups excluding carboxylic acids is 1. The summed E-state index contributed by atoms with van der Waals surface area (Å²) in [5.41, 5.74) is -1.21. The van der Waals surface area contributed by atoms with Crippen LogP contribution in [-0.4, -0.2) is 31.4 Å². The lowest BCUT2D eigenvalue weighted by Gasteiger charge is -2.53. The molecule has 29 heavy (non-hydrogen) atoms. The first-order valence-corrected chi connectivity index (χ1v) is 10.0. The summed E-state index contributed by atoms with van der Waals surface area (Å²) < 4.78 is 56.1. The van der Waals surface area contributed by atoms with E-state index in [0.717, 1.165) is 25.3 Å². The Morgan fingerprint density at radius 2 is 1.83 bits per heavy atom. The molecule has 0 aromatic heterocycles. The second kappa shape index (κ2) is 7.91. The van der Waals surface area contributed by atoms with Crippen molar-refractivity contribution in [3.63, 3.8) is 0 Å². The molecule has 4 rings (SSSR count). The Hall–Kier alpha value is -1.60. The van der Waals surface area contributed by atoms with Crippen molar-refractivity contribution in [3.8, 4) is 0 Å². The normalized spacial score (nSPS) is 27.1. The monoisotopic (exact) mass is 414 g/mol. The van der Waals surface area contributed by atoms with E-state index in [9.17, 15) is 18.0 Å². The predicted molar refractivity (Wildman–Crippen MR) is 101 cm³/mol. The largest absolute Gasteiger partial charge is 0.458 e. The number of hydrogen-bond acceptors (Lipinski definition) is 4. The zero-order valence-corrected chi connectivity index (χ0v) is 17.2. The number of fused-ring (bicyclic) bond motifs is 3. The van der Waals surface area contributed by atoms with E-state index < -0.39 is 22.9 Å². The smallest absolute Gasteiger partial charge is 0.416 e. The highest BCUT2D eigenvalue weighted by molar-refractivity contribution is 5.71. The van der Waals surface area contributed by atoms with Crippen LogP contribution in [-0.2, 0) is 30.8 Å². The van der Waals surface area contributed by atoms with E-state index in [2.05, 4.69) is 0 Å². The quantitative estimate of drug-likeness (QED) is 0.472. The number of benzene rings is 1. The van der Waals surface area contributed by atoms with E-state index in [0.29, 0.717) is 31.6 Å². The van der Waals surface area contributed by atoms with Crippen molar-refractivity contribution in [2.75, 3.05) is 19.8 Å². The van der Waals surface area contributed by atoms with Gasteiger partial charge in [0.15, 0.2) is 0 Å². The fourth-order valence-corrected chi connectivity index (χ4v) is 4.25. The van der Waals surface area contributed by atoms with Crippen LogP contribution in [0.2, 0.25) is 0 Å². The molecule has 0 radical (unpaired) electrons. The number of halogens is 3. The first-order chi connectivity index (χ1) is 13.4. The summed E-state index contributed by atoms with van der Waals surface area (Å²) in [6.45, 7) is 6.27. The van der Waals surface area contributed by atoms with Crippen molar-refractivity contribution in [1.29, 1.82) is 0 Å². The van der Waals surface area contributed by atoms with Crippen molar-refractivity contribution in [2.45, 2.75) is 70.3 Å². The van der Waals surface area contributed by atoms with Gasteiger partial charge >= 0.3 is 12.1 Å². The molecular formula is C22H29F3O4. The van der Waals surface area contributed by atoms with Gasteiger partial charge in [0, 0.05) is 6.61 Å². The predicted octanol–water partition coefficient (Wildman–Crippen LogP) is 5.24. The Kier molecular flexibility index (Phi) is 6.03. The lowest BCUT2D eigenvalue weighted by molar-refractivity contribution is -0.195. The topological polar surface area (TPSA) is 44.8 Å². The third-order valence-corrected chi connectivity index (χ3v) is 5.91. The van der Waals surface area contributed by atoms with Gasteiger partial charge in [-0.1, -0.05) is 12.1 Å². The third-order valence-electron chi connectivity index (χ3n) is 5.91. The highest BCUT2D eigenvalue weighted by Crippen LogP contribution is 2.55. The molecule has 0 N–H and O–H groups in total. The van der Waals surface area contributed by atoms with Crippen LogP contribution < -0.4 is 0 Å². The third kappa shape index (κ3) is 5.31. The van der Waals surface area contributed by atoms with Crippen molar-refractivity contribution in [2.24, 2.45) is 5.41 Å². The summed E-state index contributed by atoms with van der Waals surface area (Å²) in [6, 6.07) is 5.51. The van der Waals surface area contributed by atoms with E-state index >= 15 is 0 Å². The number of rotatable bonds is 6. The van der Waals surface area contributed by atoms with Crippen molar-refractivity contribution >= 4 is 5.97 Å². The molecular weight excluding hydrogens is 385 g/mol. The Labute approximate surface area is 169 Å². The first-order valence-electron chi connectivity index (χ1n) is 10.0. The molecule has 1 aromatic carbocycles. The molecule has 3 aliphatic rings. The summed E-state index contributed by atoms with van der Waals surface area (Å²) in [5.74, 6) is -0.387. The first kappa shape index (κ1) is 22.1. The van der Waals surface area contributed by atoms with Crippen LogP contribution in [0, 0.1) is 5.41 Å². The van der Waals surface area contributed by atoms with Gasteiger partial charge in [-0.3, -0.25) is 0 Å². The number of hydrogen-bond donors (Lipinski definition) is 0. The van der Waals surface area contributed by atoms with Crippen LogP contribution in [0.25, 0.3) is 0 Å². The lowest BCUT2D eigenvalue weighted by atomic mass is 9.63. The molecule has 4 nitrogen and oxygen atoms in total. The maximum Gasteiger partial charge on any atom is 0.416 e. The van der Waals surface area contributed by atoms with Crippen LogP contribution >= 0.6 is 0 Å². The molecule has 0 atom stereocenters. The van der Waals surface area contributed by atoms with E-state index in [-0.39, 0.29) is 18.0 Å². The second-order valence-corrected chi connectivity index (χ2v) is 9.25. The number of ether oxygens (including phenoxy) is 3. The number of alkyl halides is 3. The van der Waals surface area contributed by atoms with Crippen molar-refractivity contribution in [1.82, 2.24) is 0 Å². The molecule has 2 saturated heterocycles. The average Bonchev–Trinajstić information content (AvgIpc) is 2.65. The van der Waals surface area contributed by atoms with Gasteiger partial charge in [0.2, 0.25) is 0 Å². The van der Waals surface area contributed by atoms with E-state index in [4.69, 9.17) is 14.2 Å². The molecule has 1 saturated carbocycles. The maximum atomic E-state index is 13.1. The van der Waals surface area contributed by atoms with Crippen LogP contribution in [0.4, 0.5) is 13.2 Å². The van der Waals surface area contributed by atoms with Crippen LogP contribution in [0.15, 0.2) is 24.3 Å². The summed E-state index contributed by atoms with van der Waals surface area (Å²) in [7, 11) is 0. The Balaban J connectivity index is 1.53. The van der Waals surface area contributed by atoms with Crippen LogP contribution in [0.5, 0.6) is 0 Å². The number of carbonyl (C=O) groups is 1. The van der Waals surface area contributed by atoms with Crippen molar-refractivity contribution < 1.29 is 32.2 Å². The maximum absolute atomic E-state index is 13.1. The van der Waals surface area contributed by atoms with Gasteiger partial charge in [0.25, 0.3) is 0 Å². The van der Waals surface area contributed by atoms with Gasteiger partial charge in [-0.2, -0.15) is 13.2 Å². The van der Waals surface area contributed by atoms with Gasteiger partial charge in [-0.05, 0) is 76.0 Å². The van der Waals surface area contributed by atoms with E-state index in [1.54, 1.807) is 6.07 Å². The highest BCUT2D eigenvalue weighted by Gasteiger charge is 2.50. The zero-order valence-electron chi connectivity index (χ0n) is 17.2. The van der Waals surface area contributed by atoms with Crippen LogP contribution in [0.1, 0.15) is 64.0 Å². The second-order valence-electron chi connectivity index (χ2n) is 9.25. The standard InChI is InChI=1S/C22H29F3O4/c1-19(2,3)29-18(26)14-27-12-11-20-7-9-21(10-8-20,28-15-20)16-5-4-6-17(13-16)22(23,24)25/h4-6,13H,7-12,14-15H2,1-3H3. The lowest BCUT2D eigenvalue weighted by Crippen LogP contribution is -2.49. The summed E-state index contributed by atoms with van der Waals surface area (Å²) >= 11 is 0. The molecule has 0 amide bonds. The number of esters is 1. The highest BCUT2D eigenvalue weighted by atomic mass is 19.4. The molecule has 162 valence electrons. The van der Waals surface area contributed by atoms with Gasteiger partial charge < -0.3 is 14.2 Å². The van der Waals surface area contributed by atoms with Gasteiger partial charge in [-0.25, -0.2) is 4.79 Å². The molecule has 2 bridgehead atoms. The molecule has 7 heteroatoms. The van der Waals surface area contributed by atoms with Crippen LogP contribution in [0.3, 0.4) is 0 Å². The fraction of sp³-hybridized carbons (Fsp3) is 0.682. The van der Waals surface area contributed by atoms with Gasteiger partial charge in [-0.15, -0.1) is 0 Å². The SMILES string of the molecule is CC(C)(C)OC(=O)COCCC12CCC(c3cccc(C(F)(F)F)c3)(CC1)OC2. The molecule has 3 fully saturated rings. The van der Waals surface area contributed by atoms with Gasteiger partial charge in [0.05, 0.1) is 17.8 Å². The molecule has 1 aliphatic carbocycles. The Morgan fingerprint density at radius 1 is 1.14 bits per heavy atom. The molecule has 2 heterocycles. The molecule has 1 aromatic rings. The van der Waals surface area contributed by atoms with Crippen molar-refractivity contribution in [3.05, 3.63) is 35.4 Å². The fourth-order valence-electron chi connectivity index (χ4n) is 4.25. The van der Waals surface area contributed by atoms with E-state index in [1.165, 1.54) is 12.1 Å².